The number of aromatic nitrogens is 2. The van der Waals surface area contributed by atoms with Crippen LogP contribution >= 0.6 is 11.6 Å². The average molecular weight is 616 g/mol. The summed E-state index contributed by atoms with van der Waals surface area (Å²) in [5.74, 6) is -1.29. The number of hydrogen-bond acceptors (Lipinski definition) is 3. The summed E-state index contributed by atoms with van der Waals surface area (Å²) in [6, 6.07) is 29.4. The smallest absolute Gasteiger partial charge is 0.286 e. The predicted octanol–water partition coefficient (Wildman–Crippen LogP) is 6.68. The molecule has 7 rings (SSSR count). The van der Waals surface area contributed by atoms with Crippen molar-refractivity contribution in [3.8, 4) is 11.3 Å². The van der Waals surface area contributed by atoms with Gasteiger partial charge < -0.3 is 14.5 Å². The molecule has 1 aliphatic heterocycles. The van der Waals surface area contributed by atoms with E-state index in [1.807, 2.05) is 44.3 Å². The minimum atomic E-state index is -0.929. The second-order valence-corrected chi connectivity index (χ2v) is 11.9. The van der Waals surface area contributed by atoms with E-state index >= 15 is 0 Å². The number of rotatable bonds is 5. The first-order chi connectivity index (χ1) is 21.7. The molecule has 0 fully saturated rings. The summed E-state index contributed by atoms with van der Waals surface area (Å²) in [4.78, 5) is 45.4. The van der Waals surface area contributed by atoms with E-state index in [0.717, 1.165) is 49.8 Å². The fourth-order valence-corrected chi connectivity index (χ4v) is 6.61. The largest absolute Gasteiger partial charge is 0.350 e. The molecule has 0 spiro atoms. The topological polar surface area (TPSA) is 99.2 Å². The van der Waals surface area contributed by atoms with Crippen LogP contribution in [0.2, 0.25) is 5.02 Å². The molecule has 224 valence electrons. The highest BCUT2D eigenvalue weighted by atomic mass is 35.5. The van der Waals surface area contributed by atoms with Gasteiger partial charge in [0.05, 0.1) is 11.7 Å². The molecule has 0 radical (unpaired) electrons. The van der Waals surface area contributed by atoms with Crippen LogP contribution in [0.3, 0.4) is 0 Å². The monoisotopic (exact) mass is 615 g/mol. The van der Waals surface area contributed by atoms with E-state index < -0.39 is 23.9 Å². The van der Waals surface area contributed by atoms with Crippen LogP contribution < -0.4 is 10.9 Å². The maximum Gasteiger partial charge on any atom is 0.286 e. The van der Waals surface area contributed by atoms with E-state index in [2.05, 4.69) is 56.8 Å². The third kappa shape index (κ3) is 4.74. The van der Waals surface area contributed by atoms with E-state index in [-0.39, 0.29) is 11.6 Å². The van der Waals surface area contributed by atoms with Gasteiger partial charge in [0, 0.05) is 45.0 Å². The number of carbonyl (C=O) groups excluding carboxylic acids is 3. The first kappa shape index (κ1) is 28.4. The van der Waals surface area contributed by atoms with Gasteiger partial charge in [-0.2, -0.15) is 0 Å². The van der Waals surface area contributed by atoms with Gasteiger partial charge >= 0.3 is 0 Å². The van der Waals surface area contributed by atoms with Crippen molar-refractivity contribution in [1.82, 2.24) is 25.3 Å². The molecule has 2 unspecified atom stereocenters. The predicted molar refractivity (Wildman–Crippen MR) is 176 cm³/mol. The molecule has 45 heavy (non-hydrogen) atoms. The molecular weight excluding hydrogens is 586 g/mol. The van der Waals surface area contributed by atoms with Gasteiger partial charge in [0.15, 0.2) is 0 Å². The first-order valence-electron chi connectivity index (χ1n) is 14.7. The second kappa shape index (κ2) is 11.0. The van der Waals surface area contributed by atoms with Crippen LogP contribution in [0.1, 0.15) is 50.5 Å². The van der Waals surface area contributed by atoms with Crippen molar-refractivity contribution in [1.29, 1.82) is 0 Å². The van der Waals surface area contributed by atoms with Crippen molar-refractivity contribution in [2.24, 2.45) is 7.05 Å². The zero-order valence-electron chi connectivity index (χ0n) is 24.9. The summed E-state index contributed by atoms with van der Waals surface area (Å²) in [5.41, 5.74) is 12.5. The number of nitrogens with one attached hydrogen (secondary N) is 3. The summed E-state index contributed by atoms with van der Waals surface area (Å²) in [7, 11) is 2.03. The number of aryl methyl sites for hydroxylation is 2. The minimum Gasteiger partial charge on any atom is -0.350 e. The Balaban J connectivity index is 1.26. The molecule has 0 aliphatic carbocycles. The molecule has 6 aromatic rings. The molecule has 0 bridgehead atoms. The number of fused-ring (bicyclic) bond motifs is 3. The highest BCUT2D eigenvalue weighted by Crippen LogP contribution is 2.47. The Labute approximate surface area is 264 Å². The van der Waals surface area contributed by atoms with Crippen molar-refractivity contribution >= 4 is 51.1 Å². The third-order valence-corrected chi connectivity index (χ3v) is 8.90. The molecular formula is C36H30ClN5O3. The van der Waals surface area contributed by atoms with E-state index in [1.54, 1.807) is 42.2 Å². The summed E-state index contributed by atoms with van der Waals surface area (Å²) >= 11 is 6.09. The van der Waals surface area contributed by atoms with Gasteiger partial charge in [0.25, 0.3) is 17.7 Å². The maximum absolute atomic E-state index is 14.1. The Morgan fingerprint density at radius 3 is 2.44 bits per heavy atom. The van der Waals surface area contributed by atoms with Crippen LogP contribution in [0.4, 0.5) is 0 Å². The Morgan fingerprint density at radius 1 is 0.911 bits per heavy atom. The number of nitrogens with zero attached hydrogens (tertiary/aromatic N) is 2. The number of carbonyl (C=O) groups is 3. The Kier molecular flexibility index (Phi) is 6.94. The summed E-state index contributed by atoms with van der Waals surface area (Å²) < 4.78 is 2.15. The SMILES string of the molecule is Cc1ccc(-c2c(C3c4ccccc4C(=O)N3C(C)C(=O)NNC(=O)c3cc4cc(Cl)ccc4[nH]3)c3ccccc3n2C)cc1. The van der Waals surface area contributed by atoms with Crippen LogP contribution in [0, 0.1) is 6.92 Å². The number of aromatic amines is 1. The fourth-order valence-electron chi connectivity index (χ4n) is 6.43. The summed E-state index contributed by atoms with van der Waals surface area (Å²) in [5, 5.41) is 2.32. The fraction of sp³-hybridized carbons (Fsp3) is 0.139. The van der Waals surface area contributed by atoms with Gasteiger partial charge in [-0.15, -0.1) is 0 Å². The summed E-state index contributed by atoms with van der Waals surface area (Å²) in [6.07, 6.45) is 0. The second-order valence-electron chi connectivity index (χ2n) is 11.4. The molecule has 1 aliphatic rings. The van der Waals surface area contributed by atoms with Crippen molar-refractivity contribution in [2.45, 2.75) is 25.9 Å². The zero-order valence-corrected chi connectivity index (χ0v) is 25.6. The molecule has 8 nitrogen and oxygen atoms in total. The molecule has 0 saturated carbocycles. The Bertz CT molecular complexity index is 2150. The molecule has 4 aromatic carbocycles. The number of hydrazine groups is 1. The van der Waals surface area contributed by atoms with Gasteiger partial charge in [-0.1, -0.05) is 77.8 Å². The quantitative estimate of drug-likeness (QED) is 0.189. The van der Waals surface area contributed by atoms with Gasteiger partial charge in [0.1, 0.15) is 11.7 Å². The molecule has 3 amide bonds. The van der Waals surface area contributed by atoms with E-state index in [0.29, 0.717) is 10.6 Å². The highest BCUT2D eigenvalue weighted by Gasteiger charge is 2.44. The lowest BCUT2D eigenvalue weighted by atomic mass is 9.92. The minimum absolute atomic E-state index is 0.250. The lowest BCUT2D eigenvalue weighted by Gasteiger charge is -2.31. The first-order valence-corrected chi connectivity index (χ1v) is 15.0. The third-order valence-electron chi connectivity index (χ3n) is 8.67. The Hall–Kier alpha value is -5.34. The van der Waals surface area contributed by atoms with E-state index in [4.69, 9.17) is 11.6 Å². The van der Waals surface area contributed by atoms with Crippen LogP contribution in [0.15, 0.2) is 97.1 Å². The molecule has 3 N–H and O–H groups in total. The Morgan fingerprint density at radius 2 is 1.64 bits per heavy atom. The number of benzene rings is 4. The normalized spacial score (nSPS) is 15.0. The van der Waals surface area contributed by atoms with E-state index in [9.17, 15) is 14.4 Å². The number of hydrogen-bond donors (Lipinski definition) is 3. The van der Waals surface area contributed by atoms with Crippen molar-refractivity contribution in [3.05, 3.63) is 130 Å². The zero-order chi connectivity index (χ0) is 31.4. The van der Waals surface area contributed by atoms with Crippen LogP contribution in [0.5, 0.6) is 0 Å². The number of para-hydroxylation sites is 1. The highest BCUT2D eigenvalue weighted by molar-refractivity contribution is 6.31. The van der Waals surface area contributed by atoms with Gasteiger partial charge in [0.2, 0.25) is 0 Å². The maximum atomic E-state index is 14.1. The van der Waals surface area contributed by atoms with Crippen molar-refractivity contribution in [3.63, 3.8) is 0 Å². The standard InChI is InChI=1S/C36H30ClN5O3/c1-20-12-14-22(15-13-20)32-31(27-10-6-7-11-30(27)41(32)3)33-25-8-4-5-9-26(25)36(45)42(33)21(2)34(43)39-40-35(44)29-19-23-18-24(37)16-17-28(23)38-29/h4-19,21,33,38H,1-3H3,(H,39,43)(H,40,44). The van der Waals surface area contributed by atoms with Crippen LogP contribution in [0.25, 0.3) is 33.1 Å². The molecule has 2 atom stereocenters. The number of amides is 3. The molecule has 0 saturated heterocycles. The van der Waals surface area contributed by atoms with Gasteiger partial charge in [-0.05, 0) is 61.4 Å². The number of halogens is 1. The van der Waals surface area contributed by atoms with Crippen molar-refractivity contribution in [2.75, 3.05) is 0 Å². The lowest BCUT2D eigenvalue weighted by molar-refractivity contribution is -0.126. The lowest BCUT2D eigenvalue weighted by Crippen LogP contribution is -2.52. The van der Waals surface area contributed by atoms with Crippen molar-refractivity contribution < 1.29 is 14.4 Å². The molecule has 2 aromatic heterocycles. The van der Waals surface area contributed by atoms with Crippen LogP contribution in [-0.4, -0.2) is 38.2 Å². The molecule has 3 heterocycles. The average Bonchev–Trinajstić information content (AvgIpc) is 3.69. The number of H-pyrrole nitrogens is 1. The molecule has 9 heteroatoms. The summed E-state index contributed by atoms with van der Waals surface area (Å²) in [6.45, 7) is 3.73. The van der Waals surface area contributed by atoms with E-state index in [1.165, 1.54) is 0 Å². The van der Waals surface area contributed by atoms with Gasteiger partial charge in [-0.25, -0.2) is 0 Å². The van der Waals surface area contributed by atoms with Crippen LogP contribution in [-0.2, 0) is 11.8 Å². The van der Waals surface area contributed by atoms with Gasteiger partial charge in [-0.3, -0.25) is 25.2 Å².